The topological polar surface area (TPSA) is 66.5 Å². The molecule has 1 N–H and O–H groups in total. The predicted molar refractivity (Wildman–Crippen MR) is 124 cm³/mol. The zero-order valence-electron chi connectivity index (χ0n) is 16.9. The quantitative estimate of drug-likeness (QED) is 0.507. The lowest BCUT2D eigenvalue weighted by Gasteiger charge is -2.22. The molecule has 3 rings (SSSR count). The molecule has 0 saturated carbocycles. The van der Waals surface area contributed by atoms with Crippen molar-refractivity contribution < 1.29 is 13.2 Å². The summed E-state index contributed by atoms with van der Waals surface area (Å²) in [7, 11) is -3.90. The van der Waals surface area contributed by atoms with Gasteiger partial charge >= 0.3 is 0 Å². The average molecular weight is 477 g/mol. The van der Waals surface area contributed by atoms with Gasteiger partial charge in [-0.1, -0.05) is 65.2 Å². The predicted octanol–water partition coefficient (Wildman–Crippen LogP) is 4.81. The van der Waals surface area contributed by atoms with E-state index >= 15 is 0 Å². The average Bonchev–Trinajstić information content (AvgIpc) is 2.73. The van der Waals surface area contributed by atoms with Crippen LogP contribution in [0.5, 0.6) is 0 Å². The maximum Gasteiger partial charge on any atom is 0.243 e. The maximum atomic E-state index is 13.3. The summed E-state index contributed by atoms with van der Waals surface area (Å²) in [6.07, 6.45) is 0. The monoisotopic (exact) mass is 476 g/mol. The molecular weight excluding hydrogens is 455 g/mol. The van der Waals surface area contributed by atoms with Gasteiger partial charge in [0.25, 0.3) is 0 Å². The van der Waals surface area contributed by atoms with E-state index in [1.807, 2.05) is 6.92 Å². The number of carbonyl (C=O) groups excluding carboxylic acids is 1. The summed E-state index contributed by atoms with van der Waals surface area (Å²) in [5.41, 5.74) is 2.50. The second-order valence-corrected chi connectivity index (χ2v) is 9.93. The summed E-state index contributed by atoms with van der Waals surface area (Å²) in [6.45, 7) is 1.84. The Kier molecular flexibility index (Phi) is 7.73. The van der Waals surface area contributed by atoms with Crippen molar-refractivity contribution in [1.29, 1.82) is 0 Å². The molecule has 0 unspecified atom stereocenters. The first kappa shape index (κ1) is 23.3. The molecule has 0 aliphatic carbocycles. The fourth-order valence-electron chi connectivity index (χ4n) is 2.94. The van der Waals surface area contributed by atoms with E-state index in [2.05, 4.69) is 5.32 Å². The van der Waals surface area contributed by atoms with Gasteiger partial charge in [-0.2, -0.15) is 4.31 Å². The fraction of sp³-hybridized carbons (Fsp3) is 0.174. The molecule has 0 saturated heterocycles. The van der Waals surface area contributed by atoms with Gasteiger partial charge in [-0.3, -0.25) is 4.79 Å². The first-order valence-electron chi connectivity index (χ1n) is 9.56. The first-order chi connectivity index (χ1) is 14.7. The van der Waals surface area contributed by atoms with Crippen LogP contribution < -0.4 is 5.32 Å². The summed E-state index contributed by atoms with van der Waals surface area (Å²) >= 11 is 11.9. The summed E-state index contributed by atoms with van der Waals surface area (Å²) in [5, 5.41) is 3.87. The van der Waals surface area contributed by atoms with E-state index in [1.165, 1.54) is 0 Å². The molecule has 3 aromatic carbocycles. The van der Waals surface area contributed by atoms with Crippen molar-refractivity contribution in [3.63, 3.8) is 0 Å². The third kappa shape index (κ3) is 6.55. The Hall–Kier alpha value is -2.38. The van der Waals surface area contributed by atoms with E-state index in [0.717, 1.165) is 15.4 Å². The van der Waals surface area contributed by atoms with Crippen molar-refractivity contribution in [3.8, 4) is 0 Å². The van der Waals surface area contributed by atoms with Gasteiger partial charge in [0.05, 0.1) is 11.4 Å². The summed E-state index contributed by atoms with van der Waals surface area (Å²) in [6, 6.07) is 20.5. The van der Waals surface area contributed by atoms with Gasteiger partial charge in [0, 0.05) is 23.1 Å². The van der Waals surface area contributed by atoms with Gasteiger partial charge in [0.15, 0.2) is 0 Å². The molecule has 31 heavy (non-hydrogen) atoms. The Balaban J connectivity index is 1.80. The second kappa shape index (κ2) is 10.3. The van der Waals surface area contributed by atoms with E-state index in [9.17, 15) is 13.2 Å². The van der Waals surface area contributed by atoms with Crippen LogP contribution in [0, 0.1) is 6.92 Å². The number of sulfonamides is 1. The van der Waals surface area contributed by atoms with Gasteiger partial charge < -0.3 is 5.32 Å². The molecule has 0 spiro atoms. The summed E-state index contributed by atoms with van der Waals surface area (Å²) in [5.74, 6) is -0.410. The number of aryl methyl sites for hydroxylation is 1. The van der Waals surface area contributed by atoms with Crippen LogP contribution in [-0.4, -0.2) is 25.2 Å². The maximum absolute atomic E-state index is 13.3. The van der Waals surface area contributed by atoms with Crippen LogP contribution in [0.2, 0.25) is 10.0 Å². The lowest BCUT2D eigenvalue weighted by atomic mass is 10.2. The molecule has 0 heterocycles. The van der Waals surface area contributed by atoms with E-state index in [1.54, 1.807) is 72.8 Å². The Morgan fingerprint density at radius 3 is 2.23 bits per heavy atom. The SMILES string of the molecule is Cc1ccc(S(=O)(=O)N(CC(=O)NCc2ccc(Cl)cc2)Cc2cccc(Cl)c2)cc1. The number of benzene rings is 3. The minimum atomic E-state index is -3.90. The number of nitrogens with one attached hydrogen (secondary N) is 1. The molecule has 0 aromatic heterocycles. The van der Waals surface area contributed by atoms with Crippen molar-refractivity contribution in [1.82, 2.24) is 9.62 Å². The smallest absolute Gasteiger partial charge is 0.243 e. The van der Waals surface area contributed by atoms with Gasteiger partial charge in [-0.25, -0.2) is 8.42 Å². The Morgan fingerprint density at radius 1 is 0.903 bits per heavy atom. The molecule has 3 aromatic rings. The van der Waals surface area contributed by atoms with Crippen LogP contribution in [0.3, 0.4) is 0 Å². The molecule has 0 bridgehead atoms. The Labute approximate surface area is 192 Å². The highest BCUT2D eigenvalue weighted by atomic mass is 35.5. The molecule has 0 atom stereocenters. The minimum Gasteiger partial charge on any atom is -0.351 e. The first-order valence-corrected chi connectivity index (χ1v) is 11.8. The van der Waals surface area contributed by atoms with Crippen LogP contribution in [0.1, 0.15) is 16.7 Å². The third-order valence-electron chi connectivity index (χ3n) is 4.63. The fourth-order valence-corrected chi connectivity index (χ4v) is 4.67. The van der Waals surface area contributed by atoms with E-state index in [0.29, 0.717) is 15.6 Å². The molecule has 1 amide bonds. The highest BCUT2D eigenvalue weighted by Gasteiger charge is 2.27. The number of halogens is 2. The molecule has 162 valence electrons. The van der Waals surface area contributed by atoms with E-state index in [-0.39, 0.29) is 24.5 Å². The number of carbonyl (C=O) groups is 1. The van der Waals surface area contributed by atoms with Crippen molar-refractivity contribution in [2.24, 2.45) is 0 Å². The van der Waals surface area contributed by atoms with Crippen molar-refractivity contribution in [3.05, 3.63) is 99.5 Å². The Bertz CT molecular complexity index is 1150. The van der Waals surface area contributed by atoms with E-state index in [4.69, 9.17) is 23.2 Å². The van der Waals surface area contributed by atoms with Crippen LogP contribution in [0.4, 0.5) is 0 Å². The van der Waals surface area contributed by atoms with Gasteiger partial charge in [-0.15, -0.1) is 0 Å². The zero-order chi connectivity index (χ0) is 22.4. The number of hydrogen-bond donors (Lipinski definition) is 1. The lowest BCUT2D eigenvalue weighted by Crippen LogP contribution is -2.40. The molecule has 8 heteroatoms. The van der Waals surface area contributed by atoms with Crippen LogP contribution in [-0.2, 0) is 27.9 Å². The largest absolute Gasteiger partial charge is 0.351 e. The van der Waals surface area contributed by atoms with Crippen molar-refractivity contribution in [2.45, 2.75) is 24.9 Å². The number of amides is 1. The normalized spacial score (nSPS) is 11.5. The molecule has 5 nitrogen and oxygen atoms in total. The van der Waals surface area contributed by atoms with Crippen molar-refractivity contribution in [2.75, 3.05) is 6.54 Å². The van der Waals surface area contributed by atoms with Gasteiger partial charge in [0.2, 0.25) is 15.9 Å². The number of nitrogens with zero attached hydrogens (tertiary/aromatic N) is 1. The lowest BCUT2D eigenvalue weighted by molar-refractivity contribution is -0.121. The van der Waals surface area contributed by atoms with Gasteiger partial charge in [-0.05, 0) is 54.4 Å². The highest BCUT2D eigenvalue weighted by Crippen LogP contribution is 2.20. The molecule has 0 fully saturated rings. The molecular formula is C23H22Cl2N2O3S. The second-order valence-electron chi connectivity index (χ2n) is 7.12. The minimum absolute atomic E-state index is 0.0190. The van der Waals surface area contributed by atoms with E-state index < -0.39 is 15.9 Å². The molecule has 0 radical (unpaired) electrons. The number of hydrogen-bond acceptors (Lipinski definition) is 3. The van der Waals surface area contributed by atoms with Crippen LogP contribution in [0.15, 0.2) is 77.7 Å². The summed E-state index contributed by atoms with van der Waals surface area (Å²) in [4.78, 5) is 12.7. The van der Waals surface area contributed by atoms with Gasteiger partial charge in [0.1, 0.15) is 0 Å². The molecule has 0 aliphatic heterocycles. The Morgan fingerprint density at radius 2 is 1.58 bits per heavy atom. The third-order valence-corrected chi connectivity index (χ3v) is 6.92. The standard InChI is InChI=1S/C23H22Cl2N2O3S/c1-17-5-11-22(12-6-17)31(29,30)27(15-19-3-2-4-21(25)13-19)16-23(28)26-14-18-7-9-20(24)10-8-18/h2-13H,14-16H2,1H3,(H,26,28). The highest BCUT2D eigenvalue weighted by molar-refractivity contribution is 7.89. The summed E-state index contributed by atoms with van der Waals surface area (Å²) < 4.78 is 27.7. The number of rotatable bonds is 8. The van der Waals surface area contributed by atoms with Crippen LogP contribution >= 0.6 is 23.2 Å². The molecule has 0 aliphatic rings. The van der Waals surface area contributed by atoms with Crippen LogP contribution in [0.25, 0.3) is 0 Å². The van der Waals surface area contributed by atoms with Crippen molar-refractivity contribution >= 4 is 39.1 Å². The zero-order valence-corrected chi connectivity index (χ0v) is 19.2.